The van der Waals surface area contributed by atoms with Crippen molar-refractivity contribution < 1.29 is 0 Å². The first-order valence-corrected chi connectivity index (χ1v) is 11.2. The quantitative estimate of drug-likeness (QED) is 0.506. The zero-order chi connectivity index (χ0) is 22.2. The number of aromatic amines is 1. The lowest BCUT2D eigenvalue weighted by molar-refractivity contribution is 0.250. The fourth-order valence-corrected chi connectivity index (χ4v) is 4.57. The number of H-pyrrole nitrogens is 1. The van der Waals surface area contributed by atoms with E-state index in [1.54, 1.807) is 0 Å². The zero-order valence-electron chi connectivity index (χ0n) is 18.9. The molecule has 0 saturated carbocycles. The molecule has 0 radical (unpaired) electrons. The van der Waals surface area contributed by atoms with E-state index < -0.39 is 0 Å². The Kier molecular flexibility index (Phi) is 5.30. The monoisotopic (exact) mass is 431 g/mol. The number of benzene rings is 1. The van der Waals surface area contributed by atoms with E-state index in [1.807, 2.05) is 38.0 Å². The lowest BCUT2D eigenvalue weighted by Crippen LogP contribution is -2.46. The van der Waals surface area contributed by atoms with Gasteiger partial charge in [0, 0.05) is 69.7 Å². The van der Waals surface area contributed by atoms with Gasteiger partial charge < -0.3 is 15.2 Å². The van der Waals surface area contributed by atoms with Gasteiger partial charge >= 0.3 is 0 Å². The van der Waals surface area contributed by atoms with Crippen LogP contribution >= 0.6 is 0 Å². The Morgan fingerprint density at radius 2 is 1.94 bits per heavy atom. The zero-order valence-corrected chi connectivity index (χ0v) is 18.9. The molecule has 8 heteroatoms. The topological polar surface area (TPSA) is 82.1 Å². The van der Waals surface area contributed by atoms with Gasteiger partial charge in [0.2, 0.25) is 0 Å². The standard InChI is InChI=1S/C24H29N7O/c1-4-17-12-20-21(27-24(17)32)11-16(14-26-20)15-30-7-9-31(10-8-30)18-5-6-22-19(13-18)23(25-2)28-29(22)3/h5-6,11-14H,4,7-10,15H2,1-3H3,(H,25,28)(H,27,32). The van der Waals surface area contributed by atoms with Crippen LogP contribution in [0.4, 0.5) is 11.5 Å². The largest absolute Gasteiger partial charge is 0.371 e. The molecule has 1 saturated heterocycles. The number of aryl methyl sites for hydroxylation is 2. The molecule has 1 fully saturated rings. The van der Waals surface area contributed by atoms with Gasteiger partial charge in [-0.15, -0.1) is 0 Å². The highest BCUT2D eigenvalue weighted by molar-refractivity contribution is 5.92. The van der Waals surface area contributed by atoms with Gasteiger partial charge in [-0.1, -0.05) is 6.92 Å². The molecular formula is C24H29N7O. The highest BCUT2D eigenvalue weighted by Gasteiger charge is 2.19. The number of hydrogen-bond donors (Lipinski definition) is 2. The molecule has 0 unspecified atom stereocenters. The molecule has 3 aromatic heterocycles. The van der Waals surface area contributed by atoms with Gasteiger partial charge in [0.05, 0.1) is 16.6 Å². The maximum Gasteiger partial charge on any atom is 0.251 e. The summed E-state index contributed by atoms with van der Waals surface area (Å²) < 4.78 is 1.91. The minimum Gasteiger partial charge on any atom is -0.371 e. The van der Waals surface area contributed by atoms with Crippen molar-refractivity contribution in [3.05, 3.63) is 58.0 Å². The van der Waals surface area contributed by atoms with E-state index in [2.05, 4.69) is 54.4 Å². The Balaban J connectivity index is 1.28. The highest BCUT2D eigenvalue weighted by Crippen LogP contribution is 2.28. The molecular weight excluding hydrogens is 402 g/mol. The van der Waals surface area contributed by atoms with E-state index in [0.29, 0.717) is 6.42 Å². The number of anilines is 2. The van der Waals surface area contributed by atoms with Gasteiger partial charge in [-0.25, -0.2) is 0 Å². The SMILES string of the molecule is CCc1cc2ncc(CN3CCN(c4ccc5c(c4)c(NC)nn5C)CC3)cc2[nH]c1=O. The van der Waals surface area contributed by atoms with Crippen LogP contribution in [0.2, 0.25) is 0 Å². The normalized spacial score (nSPS) is 15.0. The highest BCUT2D eigenvalue weighted by atomic mass is 16.1. The van der Waals surface area contributed by atoms with Gasteiger partial charge in [-0.3, -0.25) is 19.4 Å². The Hall–Kier alpha value is -3.39. The second kappa shape index (κ2) is 8.27. The van der Waals surface area contributed by atoms with Crippen molar-refractivity contribution in [2.75, 3.05) is 43.4 Å². The van der Waals surface area contributed by atoms with Crippen LogP contribution in [0.5, 0.6) is 0 Å². The van der Waals surface area contributed by atoms with Gasteiger partial charge in [0.25, 0.3) is 5.56 Å². The average molecular weight is 432 g/mol. The van der Waals surface area contributed by atoms with E-state index >= 15 is 0 Å². The number of piperazine rings is 1. The van der Waals surface area contributed by atoms with Crippen LogP contribution in [-0.4, -0.2) is 57.9 Å². The third kappa shape index (κ3) is 3.71. The third-order valence-electron chi connectivity index (χ3n) is 6.42. The summed E-state index contributed by atoms with van der Waals surface area (Å²) in [5.74, 6) is 0.913. The fourth-order valence-electron chi connectivity index (χ4n) is 4.57. The summed E-state index contributed by atoms with van der Waals surface area (Å²) in [6.45, 7) is 6.72. The summed E-state index contributed by atoms with van der Waals surface area (Å²) >= 11 is 0. The van der Waals surface area contributed by atoms with Crippen molar-refractivity contribution >= 4 is 33.4 Å². The predicted molar refractivity (Wildman–Crippen MR) is 129 cm³/mol. The molecule has 0 aliphatic carbocycles. The summed E-state index contributed by atoms with van der Waals surface area (Å²) in [5, 5.41) is 8.88. The van der Waals surface area contributed by atoms with Gasteiger partial charge in [-0.05, 0) is 42.3 Å². The number of nitrogens with one attached hydrogen (secondary N) is 2. The van der Waals surface area contributed by atoms with Crippen LogP contribution < -0.4 is 15.8 Å². The maximum absolute atomic E-state index is 12.2. The summed E-state index contributed by atoms with van der Waals surface area (Å²) in [6, 6.07) is 10.5. The minimum atomic E-state index is -0.0143. The summed E-state index contributed by atoms with van der Waals surface area (Å²) in [5.41, 5.74) is 5.92. The van der Waals surface area contributed by atoms with Crippen molar-refractivity contribution in [2.24, 2.45) is 7.05 Å². The van der Waals surface area contributed by atoms with Crippen LogP contribution in [0.3, 0.4) is 0 Å². The molecule has 1 aliphatic heterocycles. The number of fused-ring (bicyclic) bond motifs is 2. The Morgan fingerprint density at radius 3 is 2.69 bits per heavy atom. The third-order valence-corrected chi connectivity index (χ3v) is 6.42. The van der Waals surface area contributed by atoms with E-state index in [4.69, 9.17) is 0 Å². The first kappa shape index (κ1) is 20.5. The smallest absolute Gasteiger partial charge is 0.251 e. The summed E-state index contributed by atoms with van der Waals surface area (Å²) in [7, 11) is 3.88. The van der Waals surface area contributed by atoms with Crippen LogP contribution in [0.1, 0.15) is 18.1 Å². The predicted octanol–water partition coefficient (Wildman–Crippen LogP) is 2.74. The van der Waals surface area contributed by atoms with Crippen molar-refractivity contribution in [3.8, 4) is 0 Å². The van der Waals surface area contributed by atoms with E-state index in [0.717, 1.165) is 71.6 Å². The Labute approximate surface area is 186 Å². The number of hydrogen-bond acceptors (Lipinski definition) is 6. The van der Waals surface area contributed by atoms with Crippen molar-refractivity contribution in [3.63, 3.8) is 0 Å². The molecule has 166 valence electrons. The molecule has 4 heterocycles. The molecule has 32 heavy (non-hydrogen) atoms. The summed E-state index contributed by atoms with van der Waals surface area (Å²) in [6.07, 6.45) is 2.64. The van der Waals surface area contributed by atoms with Gasteiger partial charge in [-0.2, -0.15) is 5.10 Å². The molecule has 0 bridgehead atoms. The molecule has 0 amide bonds. The van der Waals surface area contributed by atoms with Crippen LogP contribution in [0, 0.1) is 0 Å². The van der Waals surface area contributed by atoms with E-state index in [9.17, 15) is 4.79 Å². The average Bonchev–Trinajstić information content (AvgIpc) is 3.14. The second-order valence-corrected chi connectivity index (χ2v) is 8.44. The molecule has 2 N–H and O–H groups in total. The van der Waals surface area contributed by atoms with Gasteiger partial charge in [0.15, 0.2) is 5.82 Å². The molecule has 1 aliphatic rings. The summed E-state index contributed by atoms with van der Waals surface area (Å²) in [4.78, 5) is 24.6. The Bertz CT molecular complexity index is 1330. The van der Waals surface area contributed by atoms with Crippen LogP contribution in [0.15, 0.2) is 41.3 Å². The molecule has 4 aromatic rings. The first-order chi connectivity index (χ1) is 15.6. The molecule has 5 rings (SSSR count). The van der Waals surface area contributed by atoms with Crippen LogP contribution in [0.25, 0.3) is 21.9 Å². The molecule has 1 aromatic carbocycles. The first-order valence-electron chi connectivity index (χ1n) is 11.2. The number of rotatable bonds is 5. The molecule has 0 atom stereocenters. The lowest BCUT2D eigenvalue weighted by atomic mass is 10.1. The van der Waals surface area contributed by atoms with E-state index in [-0.39, 0.29) is 5.56 Å². The second-order valence-electron chi connectivity index (χ2n) is 8.44. The van der Waals surface area contributed by atoms with Crippen molar-refractivity contribution in [1.82, 2.24) is 24.6 Å². The number of pyridine rings is 2. The fraction of sp³-hybridized carbons (Fsp3) is 0.375. The van der Waals surface area contributed by atoms with Crippen LogP contribution in [-0.2, 0) is 20.0 Å². The molecule has 0 spiro atoms. The van der Waals surface area contributed by atoms with E-state index in [1.165, 1.54) is 5.69 Å². The molecule has 8 nitrogen and oxygen atoms in total. The maximum atomic E-state index is 12.2. The van der Waals surface area contributed by atoms with Gasteiger partial charge in [0.1, 0.15) is 0 Å². The minimum absolute atomic E-state index is 0.0143. The Morgan fingerprint density at radius 1 is 1.12 bits per heavy atom. The number of aromatic nitrogens is 4. The number of nitrogens with zero attached hydrogens (tertiary/aromatic N) is 5. The van der Waals surface area contributed by atoms with Crippen molar-refractivity contribution in [1.29, 1.82) is 0 Å². The lowest BCUT2D eigenvalue weighted by Gasteiger charge is -2.36. The van der Waals surface area contributed by atoms with Crippen molar-refractivity contribution in [2.45, 2.75) is 19.9 Å².